The predicted molar refractivity (Wildman–Crippen MR) is 106 cm³/mol. The minimum Gasteiger partial charge on any atom is -0.493 e. The molecule has 0 radical (unpaired) electrons. The molecule has 1 unspecified atom stereocenters. The van der Waals surface area contributed by atoms with Gasteiger partial charge in [0.05, 0.1) is 13.7 Å². The molecule has 0 bridgehead atoms. The third kappa shape index (κ3) is 6.00. The topological polar surface area (TPSA) is 56.8 Å². The summed E-state index contributed by atoms with van der Waals surface area (Å²) in [6.45, 7) is 5.17. The zero-order valence-corrected chi connectivity index (χ0v) is 16.5. The lowest BCUT2D eigenvalue weighted by molar-refractivity contribution is -0.111. The molecule has 1 atom stereocenters. The maximum absolute atomic E-state index is 11.1. The van der Waals surface area contributed by atoms with E-state index in [1.807, 2.05) is 48.5 Å². The number of benzene rings is 2. The fraction of sp³-hybridized carbons (Fsp3) is 0.409. The van der Waals surface area contributed by atoms with Crippen LogP contribution in [0, 0.1) is 5.41 Å². The number of carbonyl (C=O) groups is 1. The Balaban J connectivity index is 2.17. The Morgan fingerprint density at radius 2 is 1.78 bits per heavy atom. The second-order valence-electron chi connectivity index (χ2n) is 7.22. The van der Waals surface area contributed by atoms with Crippen LogP contribution in [0.2, 0.25) is 0 Å². The van der Waals surface area contributed by atoms with Gasteiger partial charge in [-0.2, -0.15) is 0 Å². The number of carbonyl (C=O) groups excluding carboxylic acids is 1. The second kappa shape index (κ2) is 9.97. The minimum atomic E-state index is -0.208. The maximum Gasteiger partial charge on any atom is 0.207 e. The van der Waals surface area contributed by atoms with Crippen molar-refractivity contribution in [3.63, 3.8) is 0 Å². The summed E-state index contributed by atoms with van der Waals surface area (Å²) in [5.74, 6) is 1.37. The van der Waals surface area contributed by atoms with Crippen LogP contribution in [-0.2, 0) is 22.6 Å². The first-order valence-electron chi connectivity index (χ1n) is 9.02. The van der Waals surface area contributed by atoms with Gasteiger partial charge in [-0.05, 0) is 29.7 Å². The maximum atomic E-state index is 11.1. The second-order valence-corrected chi connectivity index (χ2v) is 7.22. The van der Waals surface area contributed by atoms with Crippen molar-refractivity contribution in [1.29, 1.82) is 0 Å². The highest BCUT2D eigenvalue weighted by Gasteiger charge is 2.29. The van der Waals surface area contributed by atoms with E-state index in [-0.39, 0.29) is 11.5 Å². The lowest BCUT2D eigenvalue weighted by Gasteiger charge is -2.33. The van der Waals surface area contributed by atoms with Crippen LogP contribution in [0.4, 0.5) is 0 Å². The molecule has 0 saturated heterocycles. The summed E-state index contributed by atoms with van der Waals surface area (Å²) < 4.78 is 16.7. The van der Waals surface area contributed by atoms with Crippen molar-refractivity contribution in [1.82, 2.24) is 5.32 Å². The summed E-state index contributed by atoms with van der Waals surface area (Å²) in [6.07, 6.45) is 1.42. The third-order valence-corrected chi connectivity index (χ3v) is 4.63. The van der Waals surface area contributed by atoms with Gasteiger partial charge in [0.25, 0.3) is 0 Å². The fourth-order valence-corrected chi connectivity index (χ4v) is 3.05. The molecule has 1 N–H and O–H groups in total. The summed E-state index contributed by atoms with van der Waals surface area (Å²) in [5.41, 5.74) is 1.94. The van der Waals surface area contributed by atoms with Gasteiger partial charge >= 0.3 is 0 Å². The Kier molecular flexibility index (Phi) is 7.67. The molecule has 146 valence electrons. The molecule has 1 amide bonds. The highest BCUT2D eigenvalue weighted by Crippen LogP contribution is 2.31. The van der Waals surface area contributed by atoms with Crippen molar-refractivity contribution >= 4 is 6.41 Å². The van der Waals surface area contributed by atoms with Crippen LogP contribution in [0.15, 0.2) is 48.5 Å². The number of hydrogen-bond acceptors (Lipinski definition) is 4. The van der Waals surface area contributed by atoms with Crippen LogP contribution in [0.3, 0.4) is 0 Å². The molecular formula is C22H29NO4. The van der Waals surface area contributed by atoms with Gasteiger partial charge in [0.2, 0.25) is 6.41 Å². The molecule has 2 aromatic carbocycles. The Hall–Kier alpha value is -2.53. The van der Waals surface area contributed by atoms with Crippen molar-refractivity contribution in [3.8, 4) is 11.5 Å². The van der Waals surface area contributed by atoms with Crippen LogP contribution in [-0.4, -0.2) is 33.3 Å². The Morgan fingerprint density at radius 3 is 2.41 bits per heavy atom. The molecular weight excluding hydrogens is 342 g/mol. The lowest BCUT2D eigenvalue weighted by atomic mass is 9.81. The van der Waals surface area contributed by atoms with Gasteiger partial charge in [-0.15, -0.1) is 0 Å². The highest BCUT2D eigenvalue weighted by molar-refractivity contribution is 5.48. The summed E-state index contributed by atoms with van der Waals surface area (Å²) >= 11 is 0. The average Bonchev–Trinajstić information content (AvgIpc) is 2.67. The van der Waals surface area contributed by atoms with Gasteiger partial charge in [-0.3, -0.25) is 4.79 Å². The van der Waals surface area contributed by atoms with Crippen molar-refractivity contribution in [2.24, 2.45) is 5.41 Å². The molecule has 5 heteroatoms. The largest absolute Gasteiger partial charge is 0.493 e. The first kappa shape index (κ1) is 20.8. The van der Waals surface area contributed by atoms with Gasteiger partial charge in [0, 0.05) is 18.6 Å². The van der Waals surface area contributed by atoms with Gasteiger partial charge in [-0.1, -0.05) is 50.2 Å². The molecule has 5 nitrogen and oxygen atoms in total. The SMILES string of the molecule is COCC(C)(C)C(Cc1ccc(OC)c(OCc2ccccc2)c1)NC=O. The number of ether oxygens (including phenoxy) is 3. The zero-order valence-electron chi connectivity index (χ0n) is 16.5. The summed E-state index contributed by atoms with van der Waals surface area (Å²) in [6, 6.07) is 15.8. The molecule has 2 aromatic rings. The summed E-state index contributed by atoms with van der Waals surface area (Å²) in [4.78, 5) is 11.1. The number of amides is 1. The molecule has 0 aromatic heterocycles. The van der Waals surface area contributed by atoms with Crippen LogP contribution in [0.1, 0.15) is 25.0 Å². The Morgan fingerprint density at radius 1 is 1.04 bits per heavy atom. The molecule has 2 rings (SSSR count). The van der Waals surface area contributed by atoms with E-state index >= 15 is 0 Å². The summed E-state index contributed by atoms with van der Waals surface area (Å²) in [5, 5.41) is 2.93. The molecule has 0 aliphatic rings. The average molecular weight is 371 g/mol. The van der Waals surface area contributed by atoms with Gasteiger partial charge in [0.15, 0.2) is 11.5 Å². The molecule has 0 saturated carbocycles. The Labute approximate surface area is 161 Å². The van der Waals surface area contributed by atoms with Crippen LogP contribution >= 0.6 is 0 Å². The number of methoxy groups -OCH3 is 2. The standard InChI is InChI=1S/C22H29NO4/c1-22(2,15-25-3)21(23-16-24)13-18-10-11-19(26-4)20(12-18)27-14-17-8-6-5-7-9-17/h5-12,16,21H,13-15H2,1-4H3,(H,23,24). The van der Waals surface area contributed by atoms with E-state index in [9.17, 15) is 4.79 Å². The monoisotopic (exact) mass is 371 g/mol. The number of nitrogens with one attached hydrogen (secondary N) is 1. The van der Waals surface area contributed by atoms with Crippen LogP contribution < -0.4 is 14.8 Å². The highest BCUT2D eigenvalue weighted by atomic mass is 16.5. The van der Waals surface area contributed by atoms with Crippen molar-refractivity contribution in [2.75, 3.05) is 20.8 Å². The minimum absolute atomic E-state index is 0.0645. The summed E-state index contributed by atoms with van der Waals surface area (Å²) in [7, 11) is 3.30. The smallest absolute Gasteiger partial charge is 0.207 e. The number of rotatable bonds is 11. The van der Waals surface area contributed by atoms with Crippen molar-refractivity contribution in [3.05, 3.63) is 59.7 Å². The first-order chi connectivity index (χ1) is 13.0. The molecule has 0 spiro atoms. The molecule has 27 heavy (non-hydrogen) atoms. The van der Waals surface area contributed by atoms with E-state index in [4.69, 9.17) is 14.2 Å². The molecule has 0 fully saturated rings. The van der Waals surface area contributed by atoms with E-state index < -0.39 is 0 Å². The predicted octanol–water partition coefficient (Wildman–Crippen LogP) is 3.60. The van der Waals surface area contributed by atoms with E-state index in [0.29, 0.717) is 31.1 Å². The number of hydrogen-bond donors (Lipinski definition) is 1. The first-order valence-corrected chi connectivity index (χ1v) is 9.02. The third-order valence-electron chi connectivity index (χ3n) is 4.63. The van der Waals surface area contributed by atoms with Crippen molar-refractivity contribution in [2.45, 2.75) is 32.9 Å². The van der Waals surface area contributed by atoms with E-state index in [1.165, 1.54) is 0 Å². The van der Waals surface area contributed by atoms with Crippen LogP contribution in [0.5, 0.6) is 11.5 Å². The Bertz CT molecular complexity index is 716. The van der Waals surface area contributed by atoms with Gasteiger partial charge in [-0.25, -0.2) is 0 Å². The van der Waals surface area contributed by atoms with E-state index in [1.54, 1.807) is 14.2 Å². The molecule has 0 heterocycles. The fourth-order valence-electron chi connectivity index (χ4n) is 3.05. The molecule has 0 aliphatic heterocycles. The normalized spacial score (nSPS) is 12.3. The van der Waals surface area contributed by atoms with E-state index in [2.05, 4.69) is 19.2 Å². The van der Waals surface area contributed by atoms with Crippen molar-refractivity contribution < 1.29 is 19.0 Å². The zero-order chi connectivity index (χ0) is 19.7. The lowest BCUT2D eigenvalue weighted by Crippen LogP contribution is -2.45. The van der Waals surface area contributed by atoms with Crippen LogP contribution in [0.25, 0.3) is 0 Å². The van der Waals surface area contributed by atoms with E-state index in [0.717, 1.165) is 17.5 Å². The quantitative estimate of drug-likeness (QED) is 0.613. The van der Waals surface area contributed by atoms with Gasteiger partial charge in [0.1, 0.15) is 6.61 Å². The van der Waals surface area contributed by atoms with Gasteiger partial charge < -0.3 is 19.5 Å². The molecule has 0 aliphatic carbocycles.